The smallest absolute Gasteiger partial charge is 0.273 e. The summed E-state index contributed by atoms with van der Waals surface area (Å²) in [6.07, 6.45) is 9.66. The third-order valence-corrected chi connectivity index (χ3v) is 5.58. The highest BCUT2D eigenvalue weighted by atomic mass is 16.7. The lowest BCUT2D eigenvalue weighted by atomic mass is 9.87. The predicted molar refractivity (Wildman–Crippen MR) is 96.5 cm³/mol. The number of piperidine rings is 1. The number of oxime groups is 1. The largest absolute Gasteiger partial charge is 0.386 e. The minimum absolute atomic E-state index is 0.167. The quantitative estimate of drug-likeness (QED) is 0.901. The lowest BCUT2D eigenvalue weighted by Crippen LogP contribution is -2.52. The van der Waals surface area contributed by atoms with Crippen LogP contribution in [0.5, 0.6) is 0 Å². The van der Waals surface area contributed by atoms with Crippen molar-refractivity contribution in [1.82, 2.24) is 9.88 Å². The number of carbonyl (C=O) groups is 2. The van der Waals surface area contributed by atoms with Gasteiger partial charge in [0.2, 0.25) is 5.91 Å². The molecule has 7 heteroatoms. The molecule has 2 aliphatic heterocycles. The Labute approximate surface area is 152 Å². The first-order valence-corrected chi connectivity index (χ1v) is 9.40. The van der Waals surface area contributed by atoms with E-state index < -0.39 is 5.60 Å². The van der Waals surface area contributed by atoms with Crippen LogP contribution in [0.3, 0.4) is 0 Å². The number of pyridine rings is 1. The third kappa shape index (κ3) is 3.43. The Morgan fingerprint density at radius 1 is 1.27 bits per heavy atom. The molecule has 138 valence electrons. The maximum absolute atomic E-state index is 12.7. The van der Waals surface area contributed by atoms with Crippen molar-refractivity contribution in [2.75, 3.05) is 18.4 Å². The van der Waals surface area contributed by atoms with Crippen molar-refractivity contribution < 1.29 is 14.4 Å². The van der Waals surface area contributed by atoms with E-state index in [9.17, 15) is 9.59 Å². The summed E-state index contributed by atoms with van der Waals surface area (Å²) in [5.41, 5.74) is 0.459. The molecule has 3 heterocycles. The van der Waals surface area contributed by atoms with Gasteiger partial charge in [-0.2, -0.15) is 0 Å². The van der Waals surface area contributed by atoms with Crippen molar-refractivity contribution >= 4 is 23.2 Å². The van der Waals surface area contributed by atoms with Gasteiger partial charge in [0, 0.05) is 25.1 Å². The first-order chi connectivity index (χ1) is 12.7. The molecule has 4 rings (SSSR count). The Morgan fingerprint density at radius 3 is 2.88 bits per heavy atom. The van der Waals surface area contributed by atoms with Crippen LogP contribution >= 0.6 is 0 Å². The zero-order chi connectivity index (χ0) is 18.0. The van der Waals surface area contributed by atoms with Crippen LogP contribution in [0.2, 0.25) is 0 Å². The number of rotatable bonds is 3. The van der Waals surface area contributed by atoms with Gasteiger partial charge in [0.05, 0.1) is 18.4 Å². The lowest BCUT2D eigenvalue weighted by Gasteiger charge is -2.39. The standard InChI is InChI=1S/C19H24N4O3/c24-17(21-15-7-3-9-20-12-15)16-11-19(26-22-16)8-4-10-23(13-19)18(25)14-5-1-2-6-14/h3,7,9,12,14H,1-2,4-6,8,10-11,13H2,(H,21,24)/t19-/m1/s1. The first kappa shape index (κ1) is 17.0. The second-order valence-corrected chi connectivity index (χ2v) is 7.53. The molecule has 3 aliphatic rings. The highest BCUT2D eigenvalue weighted by Crippen LogP contribution is 2.35. The molecule has 2 amide bonds. The number of amides is 2. The zero-order valence-electron chi connectivity index (χ0n) is 14.8. The molecule has 1 aromatic rings. The van der Waals surface area contributed by atoms with Gasteiger partial charge < -0.3 is 15.1 Å². The van der Waals surface area contributed by atoms with Gasteiger partial charge in [-0.25, -0.2) is 0 Å². The van der Waals surface area contributed by atoms with Crippen LogP contribution < -0.4 is 5.32 Å². The minimum Gasteiger partial charge on any atom is -0.386 e. The van der Waals surface area contributed by atoms with Crippen molar-refractivity contribution in [3.05, 3.63) is 24.5 Å². The van der Waals surface area contributed by atoms with E-state index in [2.05, 4.69) is 15.5 Å². The summed E-state index contributed by atoms with van der Waals surface area (Å²) < 4.78 is 0. The van der Waals surface area contributed by atoms with Gasteiger partial charge in [-0.1, -0.05) is 18.0 Å². The second kappa shape index (κ2) is 7.05. The predicted octanol–water partition coefficient (Wildman–Crippen LogP) is 2.35. The fourth-order valence-corrected chi connectivity index (χ4v) is 4.22. The molecule has 26 heavy (non-hydrogen) atoms. The van der Waals surface area contributed by atoms with E-state index in [0.717, 1.165) is 45.1 Å². The Balaban J connectivity index is 1.38. The van der Waals surface area contributed by atoms with E-state index in [1.807, 2.05) is 4.90 Å². The van der Waals surface area contributed by atoms with Crippen molar-refractivity contribution in [2.24, 2.45) is 11.1 Å². The Bertz CT molecular complexity index is 715. The Hall–Kier alpha value is -2.44. The highest BCUT2D eigenvalue weighted by Gasteiger charge is 2.46. The summed E-state index contributed by atoms with van der Waals surface area (Å²) in [4.78, 5) is 36.8. The number of nitrogens with zero attached hydrogens (tertiary/aromatic N) is 3. The van der Waals surface area contributed by atoms with E-state index in [0.29, 0.717) is 24.4 Å². The van der Waals surface area contributed by atoms with Crippen LogP contribution in [0.1, 0.15) is 44.9 Å². The van der Waals surface area contributed by atoms with Crippen LogP contribution in [-0.2, 0) is 14.4 Å². The van der Waals surface area contributed by atoms with Crippen molar-refractivity contribution in [2.45, 2.75) is 50.5 Å². The molecule has 1 aromatic heterocycles. The average molecular weight is 356 g/mol. The topological polar surface area (TPSA) is 83.9 Å². The number of likely N-dealkylation sites (tertiary alicyclic amines) is 1. The number of anilines is 1. The fraction of sp³-hybridized carbons (Fsp3) is 0.579. The third-order valence-electron chi connectivity index (χ3n) is 5.58. The van der Waals surface area contributed by atoms with Crippen LogP contribution in [0.4, 0.5) is 5.69 Å². The fourth-order valence-electron chi connectivity index (χ4n) is 4.22. The number of hydrogen-bond donors (Lipinski definition) is 1. The molecule has 0 radical (unpaired) electrons. The summed E-state index contributed by atoms with van der Waals surface area (Å²) in [6, 6.07) is 3.54. The minimum atomic E-state index is -0.547. The molecular weight excluding hydrogens is 332 g/mol. The molecule has 1 spiro atoms. The first-order valence-electron chi connectivity index (χ1n) is 9.40. The maximum Gasteiger partial charge on any atom is 0.273 e. The molecule has 0 unspecified atom stereocenters. The van der Waals surface area contributed by atoms with Crippen LogP contribution in [0, 0.1) is 5.92 Å². The monoisotopic (exact) mass is 356 g/mol. The summed E-state index contributed by atoms with van der Waals surface area (Å²) in [6.45, 7) is 1.30. The van der Waals surface area contributed by atoms with Crippen molar-refractivity contribution in [3.8, 4) is 0 Å². The molecule has 1 atom stereocenters. The van der Waals surface area contributed by atoms with E-state index in [1.165, 1.54) is 0 Å². The van der Waals surface area contributed by atoms with E-state index in [1.54, 1.807) is 24.5 Å². The summed E-state index contributed by atoms with van der Waals surface area (Å²) in [7, 11) is 0. The molecule has 1 N–H and O–H groups in total. The maximum atomic E-state index is 12.7. The molecule has 0 bridgehead atoms. The number of aromatic nitrogens is 1. The van der Waals surface area contributed by atoms with Gasteiger partial charge >= 0.3 is 0 Å². The Morgan fingerprint density at radius 2 is 2.12 bits per heavy atom. The Kier molecular flexibility index (Phi) is 4.61. The highest BCUT2D eigenvalue weighted by molar-refractivity contribution is 6.43. The number of nitrogens with one attached hydrogen (secondary N) is 1. The van der Waals surface area contributed by atoms with E-state index in [-0.39, 0.29) is 17.7 Å². The number of carbonyl (C=O) groups excluding carboxylic acids is 2. The van der Waals surface area contributed by atoms with Gasteiger partial charge in [0.1, 0.15) is 5.71 Å². The molecule has 2 fully saturated rings. The van der Waals surface area contributed by atoms with E-state index >= 15 is 0 Å². The van der Waals surface area contributed by atoms with Gasteiger partial charge in [-0.3, -0.25) is 14.6 Å². The summed E-state index contributed by atoms with van der Waals surface area (Å²) in [5, 5.41) is 6.84. The van der Waals surface area contributed by atoms with Crippen LogP contribution in [0.25, 0.3) is 0 Å². The average Bonchev–Trinajstić information content (AvgIpc) is 3.33. The SMILES string of the molecule is O=C(Nc1cccnc1)C1=NO[C@]2(CCCN(C(=O)C3CCCC3)C2)C1. The molecule has 1 saturated heterocycles. The zero-order valence-corrected chi connectivity index (χ0v) is 14.8. The summed E-state index contributed by atoms with van der Waals surface area (Å²) in [5.74, 6) is 0.147. The van der Waals surface area contributed by atoms with Crippen molar-refractivity contribution in [3.63, 3.8) is 0 Å². The number of hydrogen-bond acceptors (Lipinski definition) is 5. The molecule has 7 nitrogen and oxygen atoms in total. The van der Waals surface area contributed by atoms with E-state index in [4.69, 9.17) is 4.84 Å². The normalized spacial score (nSPS) is 25.8. The second-order valence-electron chi connectivity index (χ2n) is 7.53. The molecule has 1 aliphatic carbocycles. The van der Waals surface area contributed by atoms with Gasteiger partial charge in [0.25, 0.3) is 5.91 Å². The summed E-state index contributed by atoms with van der Waals surface area (Å²) >= 11 is 0. The molecule has 1 saturated carbocycles. The van der Waals surface area contributed by atoms with Gasteiger partial charge in [-0.05, 0) is 37.8 Å². The van der Waals surface area contributed by atoms with Gasteiger partial charge in [-0.15, -0.1) is 0 Å². The van der Waals surface area contributed by atoms with Crippen molar-refractivity contribution in [1.29, 1.82) is 0 Å². The molecule has 0 aromatic carbocycles. The molecular formula is C19H24N4O3. The van der Waals surface area contributed by atoms with Gasteiger partial charge in [0.15, 0.2) is 5.60 Å². The lowest BCUT2D eigenvalue weighted by molar-refractivity contribution is -0.144. The van der Waals surface area contributed by atoms with Crippen LogP contribution in [0.15, 0.2) is 29.7 Å². The van der Waals surface area contributed by atoms with Crippen LogP contribution in [-0.4, -0.2) is 46.1 Å².